The molecule has 160 valence electrons. The molecule has 0 aromatic heterocycles. The zero-order valence-corrected chi connectivity index (χ0v) is 17.8. The largest absolute Gasteiger partial charge is 0.369 e. The third-order valence-electron chi connectivity index (χ3n) is 6.28. The number of rotatable bonds is 7. The van der Waals surface area contributed by atoms with Gasteiger partial charge in [-0.2, -0.15) is 0 Å². The molecule has 6 heteroatoms. The summed E-state index contributed by atoms with van der Waals surface area (Å²) in [5, 5.41) is 7.00. The Hall–Kier alpha value is -2.08. The molecule has 3 rings (SSSR count). The Balaban J connectivity index is 1.43. The number of nitrogens with zero attached hydrogens (tertiary/aromatic N) is 2. The average Bonchev–Trinajstić information content (AvgIpc) is 2.74. The van der Waals surface area contributed by atoms with Crippen molar-refractivity contribution in [1.82, 2.24) is 15.5 Å². The molecule has 0 unspecified atom stereocenters. The van der Waals surface area contributed by atoms with Gasteiger partial charge in [-0.05, 0) is 62.8 Å². The first kappa shape index (κ1) is 21.6. The van der Waals surface area contributed by atoms with Gasteiger partial charge in [0.2, 0.25) is 5.91 Å². The Morgan fingerprint density at radius 1 is 1.10 bits per heavy atom. The van der Waals surface area contributed by atoms with E-state index in [0.717, 1.165) is 45.0 Å². The first-order valence-electron chi connectivity index (χ1n) is 11.2. The molecule has 29 heavy (non-hydrogen) atoms. The molecule has 0 radical (unpaired) electrons. The highest BCUT2D eigenvalue weighted by Crippen LogP contribution is 2.35. The van der Waals surface area contributed by atoms with Gasteiger partial charge in [0.15, 0.2) is 5.96 Å². The number of amides is 1. The number of carbonyl (C=O) groups is 1. The molecular weight excluding hydrogens is 362 g/mol. The molecule has 1 aromatic rings. The summed E-state index contributed by atoms with van der Waals surface area (Å²) >= 11 is 0. The van der Waals surface area contributed by atoms with Crippen molar-refractivity contribution in [2.24, 2.45) is 16.6 Å². The van der Waals surface area contributed by atoms with Crippen LogP contribution in [0.4, 0.5) is 0 Å². The molecule has 6 nitrogen and oxygen atoms in total. The highest BCUT2D eigenvalue weighted by molar-refractivity contribution is 5.80. The van der Waals surface area contributed by atoms with E-state index in [2.05, 4.69) is 52.8 Å². The molecule has 1 saturated heterocycles. The molecule has 4 N–H and O–H groups in total. The quantitative estimate of drug-likeness (QED) is 0.486. The fraction of sp³-hybridized carbons (Fsp3) is 0.652. The van der Waals surface area contributed by atoms with Crippen molar-refractivity contribution in [2.75, 3.05) is 32.7 Å². The maximum atomic E-state index is 11.1. The first-order chi connectivity index (χ1) is 14.1. The van der Waals surface area contributed by atoms with E-state index in [1.54, 1.807) is 0 Å². The van der Waals surface area contributed by atoms with E-state index >= 15 is 0 Å². The van der Waals surface area contributed by atoms with Gasteiger partial charge in [0.05, 0.1) is 6.54 Å². The van der Waals surface area contributed by atoms with E-state index in [9.17, 15) is 4.79 Å². The molecule has 0 spiro atoms. The summed E-state index contributed by atoms with van der Waals surface area (Å²) in [4.78, 5) is 18.1. The summed E-state index contributed by atoms with van der Waals surface area (Å²) in [6, 6.07) is 11.3. The molecule has 1 aromatic carbocycles. The molecule has 1 saturated carbocycles. The van der Waals surface area contributed by atoms with Gasteiger partial charge in [-0.1, -0.05) is 30.3 Å². The fourth-order valence-corrected chi connectivity index (χ4v) is 4.59. The number of nitrogens with one attached hydrogen (secondary N) is 2. The topological polar surface area (TPSA) is 82.8 Å². The van der Waals surface area contributed by atoms with Crippen molar-refractivity contribution < 1.29 is 4.79 Å². The van der Waals surface area contributed by atoms with Crippen LogP contribution in [-0.2, 0) is 4.79 Å². The summed E-state index contributed by atoms with van der Waals surface area (Å²) in [6.45, 7) is 6.06. The highest BCUT2D eigenvalue weighted by atomic mass is 16.1. The van der Waals surface area contributed by atoms with Gasteiger partial charge in [-0.15, -0.1) is 0 Å². The molecule has 1 aliphatic heterocycles. The van der Waals surface area contributed by atoms with Gasteiger partial charge in [-0.25, -0.2) is 0 Å². The van der Waals surface area contributed by atoms with Gasteiger partial charge < -0.3 is 16.4 Å². The minimum Gasteiger partial charge on any atom is -0.369 e. The number of piperidine rings is 1. The monoisotopic (exact) mass is 399 g/mol. The van der Waals surface area contributed by atoms with Crippen molar-refractivity contribution in [1.29, 1.82) is 0 Å². The zero-order valence-electron chi connectivity index (χ0n) is 17.8. The molecule has 0 atom stereocenters. The normalized spacial score (nSPS) is 24.2. The molecule has 2 fully saturated rings. The Morgan fingerprint density at radius 2 is 1.79 bits per heavy atom. The predicted octanol–water partition coefficient (Wildman–Crippen LogP) is 2.47. The van der Waals surface area contributed by atoms with E-state index in [1.807, 2.05) is 0 Å². The number of carbonyl (C=O) groups excluding carboxylic acids is 1. The van der Waals surface area contributed by atoms with Crippen LogP contribution in [0.3, 0.4) is 0 Å². The fourth-order valence-electron chi connectivity index (χ4n) is 4.59. The summed E-state index contributed by atoms with van der Waals surface area (Å²) < 4.78 is 0. The Kier molecular flexibility index (Phi) is 8.35. The average molecular weight is 400 g/mol. The third-order valence-corrected chi connectivity index (χ3v) is 6.28. The number of primary amides is 1. The lowest BCUT2D eigenvalue weighted by Gasteiger charge is -2.32. The van der Waals surface area contributed by atoms with Crippen LogP contribution in [0.15, 0.2) is 35.3 Å². The van der Waals surface area contributed by atoms with Crippen molar-refractivity contribution in [3.8, 4) is 0 Å². The number of aliphatic imine (C=N–C) groups is 1. The minimum atomic E-state index is -0.242. The van der Waals surface area contributed by atoms with Crippen LogP contribution in [-0.4, -0.2) is 55.5 Å². The first-order valence-corrected chi connectivity index (χ1v) is 11.2. The van der Waals surface area contributed by atoms with Crippen LogP contribution in [0.1, 0.15) is 56.9 Å². The molecule has 2 aliphatic rings. The Labute approximate surface area is 175 Å². The number of hydrogen-bond donors (Lipinski definition) is 3. The van der Waals surface area contributed by atoms with Crippen LogP contribution < -0.4 is 16.4 Å². The summed E-state index contributed by atoms with van der Waals surface area (Å²) in [5.74, 6) is 2.09. The number of benzene rings is 1. The summed E-state index contributed by atoms with van der Waals surface area (Å²) in [5.41, 5.74) is 6.80. The molecule has 1 heterocycles. The van der Waals surface area contributed by atoms with Crippen LogP contribution in [0.5, 0.6) is 0 Å². The number of guanidine groups is 1. The van der Waals surface area contributed by atoms with Gasteiger partial charge in [0.25, 0.3) is 0 Å². The summed E-state index contributed by atoms with van der Waals surface area (Å²) in [7, 11) is 0. The predicted molar refractivity (Wildman–Crippen MR) is 119 cm³/mol. The van der Waals surface area contributed by atoms with E-state index in [4.69, 9.17) is 10.7 Å². The zero-order chi connectivity index (χ0) is 20.5. The minimum absolute atomic E-state index is 0.242. The van der Waals surface area contributed by atoms with E-state index < -0.39 is 0 Å². The van der Waals surface area contributed by atoms with E-state index in [-0.39, 0.29) is 5.91 Å². The summed E-state index contributed by atoms with van der Waals surface area (Å²) in [6.07, 6.45) is 7.08. The van der Waals surface area contributed by atoms with Gasteiger partial charge in [0, 0.05) is 32.2 Å². The lowest BCUT2D eigenvalue weighted by molar-refractivity contribution is -0.119. The van der Waals surface area contributed by atoms with Crippen LogP contribution in [0.25, 0.3) is 0 Å². The molecule has 1 amide bonds. The van der Waals surface area contributed by atoms with Crippen molar-refractivity contribution in [3.63, 3.8) is 0 Å². The third kappa shape index (κ3) is 7.03. The van der Waals surface area contributed by atoms with Gasteiger partial charge in [0.1, 0.15) is 0 Å². The van der Waals surface area contributed by atoms with Gasteiger partial charge in [-0.3, -0.25) is 14.7 Å². The molecule has 0 bridgehead atoms. The van der Waals surface area contributed by atoms with Crippen molar-refractivity contribution in [3.05, 3.63) is 35.9 Å². The van der Waals surface area contributed by atoms with Crippen molar-refractivity contribution >= 4 is 11.9 Å². The Bertz CT molecular complexity index is 646. The number of likely N-dealkylation sites (tertiary alicyclic amines) is 1. The van der Waals surface area contributed by atoms with E-state index in [1.165, 1.54) is 31.2 Å². The molecular formula is C23H37N5O. The molecule has 1 aliphatic carbocycles. The lowest BCUT2D eigenvalue weighted by Crippen LogP contribution is -2.50. The van der Waals surface area contributed by atoms with Crippen LogP contribution >= 0.6 is 0 Å². The number of nitrogens with two attached hydrogens (primary N) is 1. The SMILES string of the molecule is CCNC(=NCC1CCC(c2ccccc2)CC1)NC1CCN(CC(N)=O)CC1. The van der Waals surface area contributed by atoms with Crippen molar-refractivity contribution in [2.45, 2.75) is 57.4 Å². The smallest absolute Gasteiger partial charge is 0.231 e. The second-order valence-corrected chi connectivity index (χ2v) is 8.51. The van der Waals surface area contributed by atoms with Gasteiger partial charge >= 0.3 is 0 Å². The highest BCUT2D eigenvalue weighted by Gasteiger charge is 2.23. The Morgan fingerprint density at radius 3 is 2.41 bits per heavy atom. The second-order valence-electron chi connectivity index (χ2n) is 8.51. The van der Waals surface area contributed by atoms with Crippen LogP contribution in [0, 0.1) is 5.92 Å². The standard InChI is InChI=1S/C23H37N5O/c1-2-25-23(27-21-12-14-28(15-13-21)17-22(24)29)26-16-18-8-10-20(11-9-18)19-6-4-3-5-7-19/h3-7,18,20-21H,2,8-17H2,1H3,(H2,24,29)(H2,25,26,27). The van der Waals surface area contributed by atoms with Crippen LogP contribution in [0.2, 0.25) is 0 Å². The lowest BCUT2D eigenvalue weighted by atomic mass is 9.79. The maximum absolute atomic E-state index is 11.1. The maximum Gasteiger partial charge on any atom is 0.231 e. The van der Waals surface area contributed by atoms with E-state index in [0.29, 0.717) is 24.4 Å². The number of hydrogen-bond acceptors (Lipinski definition) is 3. The second kappa shape index (κ2) is 11.2.